The first-order valence-electron chi connectivity index (χ1n) is 13.9. The molecule has 1 saturated heterocycles. The minimum absolute atomic E-state index is 0.0914. The van der Waals surface area contributed by atoms with Gasteiger partial charge in [0.15, 0.2) is 0 Å². The largest absolute Gasteiger partial charge is 0.726 e. The molecule has 7 nitrogen and oxygen atoms in total. The van der Waals surface area contributed by atoms with E-state index in [1.54, 1.807) is 0 Å². The lowest BCUT2D eigenvalue weighted by Gasteiger charge is -2.23. The van der Waals surface area contributed by atoms with Gasteiger partial charge in [-0.15, -0.1) is 0 Å². The van der Waals surface area contributed by atoms with Crippen LogP contribution in [0.15, 0.2) is 12.2 Å². The van der Waals surface area contributed by atoms with Gasteiger partial charge in [-0.1, -0.05) is 83.3 Å². The Hall–Kier alpha value is -0.510. The molecule has 0 bridgehead atoms. The number of nitrogens with zero attached hydrogens (tertiary/aromatic N) is 1. The number of allylic oxidation sites excluding steroid dienone is 2. The molecule has 0 spiro atoms. The molecule has 34 heavy (non-hydrogen) atoms. The highest BCUT2D eigenvalue weighted by atomic mass is 32.3. The predicted octanol–water partition coefficient (Wildman–Crippen LogP) is 5.10. The van der Waals surface area contributed by atoms with Crippen molar-refractivity contribution in [2.45, 2.75) is 117 Å². The highest BCUT2D eigenvalue weighted by Gasteiger charge is 2.11. The highest BCUT2D eigenvalue weighted by Crippen LogP contribution is 2.11. The van der Waals surface area contributed by atoms with Gasteiger partial charge in [0.2, 0.25) is 10.4 Å². The summed E-state index contributed by atoms with van der Waals surface area (Å²) in [6.07, 6.45) is 27.2. The van der Waals surface area contributed by atoms with Crippen LogP contribution in [0, 0.1) is 0 Å². The molecular weight excluding hydrogens is 452 g/mol. The van der Waals surface area contributed by atoms with Gasteiger partial charge in [0, 0.05) is 0 Å². The van der Waals surface area contributed by atoms with E-state index in [2.05, 4.69) is 33.7 Å². The van der Waals surface area contributed by atoms with Crippen molar-refractivity contribution in [1.29, 1.82) is 0 Å². The summed E-state index contributed by atoms with van der Waals surface area (Å²) in [7, 11) is -4.42. The van der Waals surface area contributed by atoms with E-state index in [0.29, 0.717) is 0 Å². The van der Waals surface area contributed by atoms with Crippen molar-refractivity contribution in [1.82, 2.24) is 5.01 Å². The maximum atomic E-state index is 9.45. The van der Waals surface area contributed by atoms with E-state index in [1.165, 1.54) is 116 Å². The second-order valence-corrected chi connectivity index (χ2v) is 10.1. The molecule has 0 atom stereocenters. The van der Waals surface area contributed by atoms with Crippen LogP contribution in [0.4, 0.5) is 0 Å². The van der Waals surface area contributed by atoms with Crippen LogP contribution < -0.4 is 5.43 Å². The van der Waals surface area contributed by atoms with E-state index in [1.807, 2.05) is 0 Å². The minimum Gasteiger partial charge on any atom is -0.726 e. The molecule has 1 fully saturated rings. The van der Waals surface area contributed by atoms with Crippen LogP contribution in [-0.2, 0) is 19.3 Å². The Morgan fingerprint density at radius 1 is 0.794 bits per heavy atom. The average Bonchev–Trinajstić information content (AvgIpc) is 2.81. The van der Waals surface area contributed by atoms with Crippen molar-refractivity contribution in [3.05, 3.63) is 12.2 Å². The normalized spacial score (nSPS) is 14.9. The third-order valence-electron chi connectivity index (χ3n) is 5.91. The summed E-state index contributed by atoms with van der Waals surface area (Å²) in [5.41, 5.74) is 2.41. The molecule has 0 saturated carbocycles. The summed E-state index contributed by atoms with van der Waals surface area (Å²) < 4.78 is 37.4. The summed E-state index contributed by atoms with van der Waals surface area (Å²) in [4.78, 5) is 0. The second kappa shape index (κ2) is 25.6. The zero-order valence-corrected chi connectivity index (χ0v) is 23.0. The number of hydrogen-bond acceptors (Lipinski definition) is 6. The lowest BCUT2D eigenvalue weighted by molar-refractivity contribution is -0.806. The van der Waals surface area contributed by atoms with E-state index >= 15 is 0 Å². The van der Waals surface area contributed by atoms with Crippen LogP contribution in [0.5, 0.6) is 0 Å². The smallest absolute Gasteiger partial charge is 0.217 e. The van der Waals surface area contributed by atoms with Crippen LogP contribution in [0.3, 0.4) is 0 Å². The molecule has 0 aromatic heterocycles. The van der Waals surface area contributed by atoms with Gasteiger partial charge in [0.05, 0.1) is 39.5 Å². The molecule has 8 heteroatoms. The van der Waals surface area contributed by atoms with E-state index in [-0.39, 0.29) is 6.61 Å². The molecule has 0 radical (unpaired) electrons. The van der Waals surface area contributed by atoms with E-state index in [0.717, 1.165) is 26.3 Å². The fourth-order valence-electron chi connectivity index (χ4n) is 3.92. The molecule has 1 aliphatic rings. The van der Waals surface area contributed by atoms with Gasteiger partial charge < -0.3 is 9.29 Å². The summed E-state index contributed by atoms with van der Waals surface area (Å²) in [6.45, 7) is 8.88. The number of rotatable bonds is 21. The molecule has 0 amide bonds. The second-order valence-electron chi connectivity index (χ2n) is 9.08. The van der Waals surface area contributed by atoms with Gasteiger partial charge in [0.25, 0.3) is 0 Å². The standard InChI is InChI=1S/C24H48N2O.C2H6O4S/c1-2-3-4-5-6-7-8-9-10-11-12-13-14-15-16-17-18-19-20-25-26-21-23-27-24-22-26;1-2-6-7(3,4)5/h9-10,25H,2-8,11-24H2,1H3;2H2,1H3,(H,3,4,5)/b10-9-;. The van der Waals surface area contributed by atoms with Crippen molar-refractivity contribution in [2.24, 2.45) is 0 Å². The fraction of sp³-hybridized carbons (Fsp3) is 0.923. The fourth-order valence-corrected chi connectivity index (χ4v) is 4.21. The molecule has 1 aliphatic heterocycles. The van der Waals surface area contributed by atoms with E-state index < -0.39 is 10.4 Å². The van der Waals surface area contributed by atoms with E-state index in [9.17, 15) is 13.0 Å². The Kier molecular flexibility index (Phi) is 25.2. The minimum atomic E-state index is -4.42. The lowest BCUT2D eigenvalue weighted by Crippen LogP contribution is -2.95. The van der Waals surface area contributed by atoms with Crippen molar-refractivity contribution in [3.8, 4) is 0 Å². The van der Waals surface area contributed by atoms with Crippen molar-refractivity contribution >= 4 is 10.4 Å². The van der Waals surface area contributed by atoms with Crippen LogP contribution in [-0.4, -0.2) is 57.4 Å². The molecule has 1 heterocycles. The Morgan fingerprint density at radius 2 is 1.26 bits per heavy atom. The number of ether oxygens (including phenoxy) is 1. The monoisotopic (exact) mass is 506 g/mol. The SMILES string of the molecule is CCCCCCCC/C=C\CCCCCCCCCC[NH2+]N1CCOCC1.CCOS(=O)(=O)[O-]. The molecule has 0 aromatic rings. The maximum absolute atomic E-state index is 9.45. The number of quaternary nitrogens is 1. The number of unbranched alkanes of at least 4 members (excludes halogenated alkanes) is 14. The highest BCUT2D eigenvalue weighted by molar-refractivity contribution is 7.80. The zero-order valence-electron chi connectivity index (χ0n) is 22.2. The first-order chi connectivity index (χ1) is 16.5. The number of hydrogen-bond donors (Lipinski definition) is 1. The summed E-state index contributed by atoms with van der Waals surface area (Å²) in [5, 5.41) is 2.44. The van der Waals surface area contributed by atoms with Crippen LogP contribution in [0.1, 0.15) is 117 Å². The third kappa shape index (κ3) is 27.7. The molecule has 0 aromatic carbocycles. The quantitative estimate of drug-likeness (QED) is 0.0765. The Bertz CT molecular complexity index is 537. The van der Waals surface area contributed by atoms with Gasteiger partial charge in [-0.3, -0.25) is 9.61 Å². The molecule has 0 unspecified atom stereocenters. The zero-order chi connectivity index (χ0) is 25.2. The summed E-state index contributed by atoms with van der Waals surface area (Å²) in [6, 6.07) is 0. The first-order valence-corrected chi connectivity index (χ1v) is 15.2. The summed E-state index contributed by atoms with van der Waals surface area (Å²) in [5.74, 6) is 0. The first kappa shape index (κ1) is 33.5. The maximum Gasteiger partial charge on any atom is 0.217 e. The van der Waals surface area contributed by atoms with Crippen molar-refractivity contribution in [2.75, 3.05) is 39.5 Å². The van der Waals surface area contributed by atoms with Gasteiger partial charge in [-0.05, 0) is 45.4 Å². The Labute approximate surface area is 211 Å². The van der Waals surface area contributed by atoms with Gasteiger partial charge in [-0.25, -0.2) is 8.42 Å². The average molecular weight is 507 g/mol. The van der Waals surface area contributed by atoms with E-state index in [4.69, 9.17) is 4.74 Å². The predicted molar refractivity (Wildman–Crippen MR) is 139 cm³/mol. The molecule has 1 rings (SSSR count). The molecule has 2 N–H and O–H groups in total. The topological polar surface area (TPSA) is 95.5 Å². The van der Waals surface area contributed by atoms with Crippen LogP contribution in [0.2, 0.25) is 0 Å². The molecular formula is C26H54N2O5S. The van der Waals surface area contributed by atoms with Crippen LogP contribution in [0.25, 0.3) is 0 Å². The Morgan fingerprint density at radius 3 is 1.71 bits per heavy atom. The van der Waals surface area contributed by atoms with Crippen LogP contribution >= 0.6 is 0 Å². The molecule has 0 aliphatic carbocycles. The number of morpholine rings is 1. The number of nitrogens with two attached hydrogens (primary N) is 1. The van der Waals surface area contributed by atoms with Gasteiger partial charge in [-0.2, -0.15) is 5.01 Å². The summed E-state index contributed by atoms with van der Waals surface area (Å²) >= 11 is 0. The van der Waals surface area contributed by atoms with Crippen molar-refractivity contribution < 1.29 is 27.3 Å². The lowest BCUT2D eigenvalue weighted by atomic mass is 10.1. The van der Waals surface area contributed by atoms with Gasteiger partial charge in [0.1, 0.15) is 0 Å². The van der Waals surface area contributed by atoms with Gasteiger partial charge >= 0.3 is 0 Å². The third-order valence-corrected chi connectivity index (χ3v) is 6.44. The Balaban J connectivity index is 0.00000135. The van der Waals surface area contributed by atoms with Crippen molar-refractivity contribution in [3.63, 3.8) is 0 Å². The molecule has 204 valence electrons.